The number of rotatable bonds is 1. The van der Waals surface area contributed by atoms with Crippen LogP contribution >= 0.6 is 0 Å². The van der Waals surface area contributed by atoms with Crippen molar-refractivity contribution >= 4 is 0 Å². The Hall–Kier alpha value is -1.63. The van der Waals surface area contributed by atoms with Crippen LogP contribution in [0.5, 0.6) is 0 Å². The molecule has 0 aliphatic rings. The van der Waals surface area contributed by atoms with E-state index in [-0.39, 0.29) is 0 Å². The lowest BCUT2D eigenvalue weighted by Gasteiger charge is -1.97. The van der Waals surface area contributed by atoms with Crippen molar-refractivity contribution in [1.29, 1.82) is 0 Å². The molecule has 1 radical (unpaired) electrons. The first kappa shape index (κ1) is 7.04. The van der Waals surface area contributed by atoms with E-state index < -0.39 is 0 Å². The van der Waals surface area contributed by atoms with Crippen LogP contribution in [0.3, 0.4) is 0 Å². The second kappa shape index (κ2) is 3.18. The van der Waals surface area contributed by atoms with Crippen molar-refractivity contribution in [2.45, 2.75) is 0 Å². The monoisotopic (exact) mass is 154 g/mol. The van der Waals surface area contributed by atoms with E-state index in [2.05, 4.69) is 23.3 Å². The maximum absolute atomic E-state index is 3.85. The summed E-state index contributed by atoms with van der Waals surface area (Å²) in [6.07, 6.45) is 4.56. The van der Waals surface area contributed by atoms with Gasteiger partial charge in [-0.15, -0.1) is 0 Å². The minimum absolute atomic E-state index is 1.16. The lowest BCUT2D eigenvalue weighted by atomic mass is 10.1. The molecule has 0 fully saturated rings. The number of aromatic nitrogens is 1. The molecule has 1 aromatic heterocycles. The van der Waals surface area contributed by atoms with Crippen molar-refractivity contribution in [2.24, 2.45) is 0 Å². The van der Waals surface area contributed by atoms with Gasteiger partial charge < -0.3 is 0 Å². The van der Waals surface area contributed by atoms with Gasteiger partial charge in [-0.05, 0) is 23.3 Å². The highest BCUT2D eigenvalue weighted by molar-refractivity contribution is 5.62. The topological polar surface area (TPSA) is 12.9 Å². The van der Waals surface area contributed by atoms with E-state index in [1.165, 1.54) is 5.56 Å². The molecule has 1 nitrogen and oxygen atoms in total. The maximum atomic E-state index is 3.85. The van der Waals surface area contributed by atoms with Crippen molar-refractivity contribution in [2.75, 3.05) is 0 Å². The molecule has 0 saturated heterocycles. The molecule has 0 spiro atoms. The van der Waals surface area contributed by atoms with Gasteiger partial charge in [-0.2, -0.15) is 0 Å². The van der Waals surface area contributed by atoms with Crippen LogP contribution in [0.25, 0.3) is 11.1 Å². The molecule has 12 heavy (non-hydrogen) atoms. The quantitative estimate of drug-likeness (QED) is 0.615. The lowest BCUT2D eigenvalue weighted by Crippen LogP contribution is -1.76. The zero-order valence-corrected chi connectivity index (χ0v) is 6.57. The van der Waals surface area contributed by atoms with Gasteiger partial charge in [0.2, 0.25) is 0 Å². The molecule has 2 aromatic rings. The Balaban J connectivity index is 2.46. The van der Waals surface area contributed by atoms with E-state index in [1.807, 2.05) is 30.3 Å². The normalized spacial score (nSPS) is 9.67. The minimum Gasteiger partial charge on any atom is -0.255 e. The van der Waals surface area contributed by atoms with Crippen molar-refractivity contribution in [3.63, 3.8) is 0 Å². The number of benzene rings is 1. The third-order valence-electron chi connectivity index (χ3n) is 1.73. The van der Waals surface area contributed by atoms with Gasteiger partial charge in [-0.3, -0.25) is 4.98 Å². The van der Waals surface area contributed by atoms with Crippen LogP contribution in [-0.2, 0) is 0 Å². The Morgan fingerprint density at radius 1 is 0.917 bits per heavy atom. The summed E-state index contributed by atoms with van der Waals surface area (Å²) in [5.41, 5.74) is 2.36. The number of pyridine rings is 1. The van der Waals surface area contributed by atoms with Gasteiger partial charge in [0.25, 0.3) is 0 Å². The Bertz CT molecular complexity index is 302. The molecule has 1 heterocycles. The second-order valence-corrected chi connectivity index (χ2v) is 2.54. The fourth-order valence-corrected chi connectivity index (χ4v) is 1.13. The van der Waals surface area contributed by atoms with Crippen LogP contribution in [0.15, 0.2) is 48.7 Å². The maximum Gasteiger partial charge on any atom is 0.0892 e. The summed E-state index contributed by atoms with van der Waals surface area (Å²) in [6.45, 7) is 0. The molecule has 0 N–H and O–H groups in total. The molecule has 0 saturated carbocycles. The number of hydrogen-bond donors (Lipinski definition) is 0. The van der Waals surface area contributed by atoms with Crippen LogP contribution < -0.4 is 0 Å². The van der Waals surface area contributed by atoms with Gasteiger partial charge in [0.15, 0.2) is 0 Å². The molecule has 0 unspecified atom stereocenters. The minimum atomic E-state index is 1.16. The van der Waals surface area contributed by atoms with Crippen LogP contribution in [0.4, 0.5) is 0 Å². The zero-order chi connectivity index (χ0) is 8.23. The van der Waals surface area contributed by atoms with Gasteiger partial charge in [-0.25, -0.2) is 0 Å². The average Bonchev–Trinajstić information content (AvgIpc) is 2.21. The van der Waals surface area contributed by atoms with Gasteiger partial charge in [0.05, 0.1) is 6.20 Å². The summed E-state index contributed by atoms with van der Waals surface area (Å²) in [7, 11) is 0. The van der Waals surface area contributed by atoms with Gasteiger partial charge >= 0.3 is 0 Å². The standard InChI is InChI=1S/C11H8N/c1-2-4-10(5-3-1)11-6-8-12-9-7-11/h1-8H. The summed E-state index contributed by atoms with van der Waals surface area (Å²) >= 11 is 0. The van der Waals surface area contributed by atoms with Gasteiger partial charge in [0.1, 0.15) is 0 Å². The molecule has 1 heteroatoms. The van der Waals surface area contributed by atoms with Gasteiger partial charge in [-0.1, -0.05) is 30.3 Å². The molecule has 0 amide bonds. The predicted octanol–water partition coefficient (Wildman–Crippen LogP) is 2.55. The van der Waals surface area contributed by atoms with E-state index in [0.717, 1.165) is 5.56 Å². The smallest absolute Gasteiger partial charge is 0.0892 e. The highest BCUT2D eigenvalue weighted by atomic mass is 14.6. The fourth-order valence-electron chi connectivity index (χ4n) is 1.13. The van der Waals surface area contributed by atoms with Crippen molar-refractivity contribution < 1.29 is 0 Å². The van der Waals surface area contributed by atoms with E-state index >= 15 is 0 Å². The van der Waals surface area contributed by atoms with Crippen LogP contribution in [0.1, 0.15) is 0 Å². The third-order valence-corrected chi connectivity index (χ3v) is 1.73. The molecule has 2 rings (SSSR count). The Morgan fingerprint density at radius 3 is 2.42 bits per heavy atom. The lowest BCUT2D eigenvalue weighted by molar-refractivity contribution is 1.31. The van der Waals surface area contributed by atoms with Crippen LogP contribution in [0.2, 0.25) is 0 Å². The Labute approximate surface area is 71.7 Å². The van der Waals surface area contributed by atoms with E-state index in [0.29, 0.717) is 0 Å². The molecular weight excluding hydrogens is 146 g/mol. The summed E-state index contributed by atoms with van der Waals surface area (Å²) in [5.74, 6) is 0. The highest BCUT2D eigenvalue weighted by Crippen LogP contribution is 2.16. The van der Waals surface area contributed by atoms with E-state index in [1.54, 1.807) is 6.20 Å². The summed E-state index contributed by atoms with van der Waals surface area (Å²) in [5, 5.41) is 0. The Kier molecular flexibility index (Phi) is 1.87. The highest BCUT2D eigenvalue weighted by Gasteiger charge is 1.92. The van der Waals surface area contributed by atoms with Crippen molar-refractivity contribution in [3.8, 4) is 11.1 Å². The second-order valence-electron chi connectivity index (χ2n) is 2.54. The summed E-state index contributed by atoms with van der Waals surface area (Å²) in [4.78, 5) is 3.85. The SMILES string of the molecule is [c]1cc(-c2ccccc2)ccn1. The van der Waals surface area contributed by atoms with E-state index in [4.69, 9.17) is 0 Å². The largest absolute Gasteiger partial charge is 0.255 e. The summed E-state index contributed by atoms with van der Waals surface area (Å²) in [6, 6.07) is 14.1. The van der Waals surface area contributed by atoms with Crippen molar-refractivity contribution in [1.82, 2.24) is 4.98 Å². The van der Waals surface area contributed by atoms with Crippen LogP contribution in [0, 0.1) is 6.20 Å². The summed E-state index contributed by atoms with van der Waals surface area (Å²) < 4.78 is 0. The Morgan fingerprint density at radius 2 is 1.75 bits per heavy atom. The van der Waals surface area contributed by atoms with Crippen LogP contribution in [-0.4, -0.2) is 4.98 Å². The first-order valence-corrected chi connectivity index (χ1v) is 3.84. The van der Waals surface area contributed by atoms with E-state index in [9.17, 15) is 0 Å². The van der Waals surface area contributed by atoms with Gasteiger partial charge in [0, 0.05) is 6.20 Å². The molecular formula is C11H8N. The number of hydrogen-bond acceptors (Lipinski definition) is 1. The molecule has 0 atom stereocenters. The third kappa shape index (κ3) is 1.35. The fraction of sp³-hybridized carbons (Fsp3) is 0. The molecule has 1 aromatic carbocycles. The van der Waals surface area contributed by atoms with Crippen molar-refractivity contribution in [3.05, 3.63) is 54.9 Å². The average molecular weight is 154 g/mol. The molecule has 0 aliphatic heterocycles. The number of nitrogens with zero attached hydrogens (tertiary/aromatic N) is 1. The molecule has 0 bridgehead atoms. The first-order valence-electron chi connectivity index (χ1n) is 3.84. The predicted molar refractivity (Wildman–Crippen MR) is 48.5 cm³/mol. The first-order chi connectivity index (χ1) is 5.97. The molecule has 57 valence electrons. The molecule has 0 aliphatic carbocycles. The zero-order valence-electron chi connectivity index (χ0n) is 6.57.